The number of sulfone groups is 1. The molecule has 1 aliphatic rings. The topological polar surface area (TPSA) is 66.8 Å². The van der Waals surface area contributed by atoms with Crippen molar-refractivity contribution in [2.75, 3.05) is 30.6 Å². The van der Waals surface area contributed by atoms with Crippen LogP contribution < -0.4 is 9.64 Å². The summed E-state index contributed by atoms with van der Waals surface area (Å²) in [4.78, 5) is 3.04. The molecule has 0 bridgehead atoms. The Morgan fingerprint density at radius 1 is 1.09 bits per heavy atom. The standard InChI is InChI=1S/C25H35NO4S2/c1-5-7-13-25(14-8-6-2)17-26(19-9-11-20(30-3)12-10-19)21-15-23(31-4)22(27)16-24(21)32(28,29)18-25/h9-12,15-16,27H,5-8,13-14,17-18H2,1-4H3. The van der Waals surface area contributed by atoms with Crippen molar-refractivity contribution in [2.24, 2.45) is 5.41 Å². The zero-order valence-corrected chi connectivity index (χ0v) is 21.2. The molecule has 0 spiro atoms. The first-order chi connectivity index (χ1) is 15.3. The fourth-order valence-electron chi connectivity index (χ4n) is 4.63. The number of benzene rings is 2. The minimum Gasteiger partial charge on any atom is -0.507 e. The number of thioether (sulfide) groups is 1. The summed E-state index contributed by atoms with van der Waals surface area (Å²) >= 11 is 1.41. The maximum Gasteiger partial charge on any atom is 0.181 e. The molecule has 0 amide bonds. The molecule has 0 saturated carbocycles. The second-order valence-corrected chi connectivity index (χ2v) is 11.5. The highest BCUT2D eigenvalue weighted by Crippen LogP contribution is 2.47. The largest absolute Gasteiger partial charge is 0.507 e. The van der Waals surface area contributed by atoms with E-state index in [0.717, 1.165) is 50.0 Å². The van der Waals surface area contributed by atoms with E-state index in [2.05, 4.69) is 18.7 Å². The van der Waals surface area contributed by atoms with E-state index in [9.17, 15) is 13.5 Å². The zero-order chi connectivity index (χ0) is 23.4. The average Bonchev–Trinajstić information content (AvgIpc) is 2.88. The van der Waals surface area contributed by atoms with Crippen LogP contribution in [0.3, 0.4) is 0 Å². The number of rotatable bonds is 9. The number of nitrogens with zero attached hydrogens (tertiary/aromatic N) is 1. The molecule has 0 unspecified atom stereocenters. The molecule has 2 aromatic rings. The van der Waals surface area contributed by atoms with E-state index >= 15 is 0 Å². The number of anilines is 2. The van der Waals surface area contributed by atoms with Crippen LogP contribution in [0.2, 0.25) is 0 Å². The lowest BCUT2D eigenvalue weighted by molar-refractivity contribution is 0.270. The summed E-state index contributed by atoms with van der Waals surface area (Å²) in [6.07, 6.45) is 7.66. The molecule has 0 aliphatic carbocycles. The molecule has 0 fully saturated rings. The van der Waals surface area contributed by atoms with Crippen molar-refractivity contribution in [3.8, 4) is 11.5 Å². The van der Waals surface area contributed by atoms with Crippen molar-refractivity contribution in [3.05, 3.63) is 36.4 Å². The summed E-state index contributed by atoms with van der Waals surface area (Å²) in [6.45, 7) is 4.93. The SMILES string of the molecule is CCCCC1(CCCC)CN(c2ccc(OC)cc2)c2cc(SC)c(O)cc2S(=O)(=O)C1. The Morgan fingerprint density at radius 2 is 1.72 bits per heavy atom. The van der Waals surface area contributed by atoms with E-state index in [4.69, 9.17) is 4.74 Å². The van der Waals surface area contributed by atoms with Crippen LogP contribution in [-0.2, 0) is 9.84 Å². The van der Waals surface area contributed by atoms with Crippen LogP contribution in [0.25, 0.3) is 0 Å². The number of hydrogen-bond acceptors (Lipinski definition) is 6. The summed E-state index contributed by atoms with van der Waals surface area (Å²) in [7, 11) is -1.95. The number of methoxy groups -OCH3 is 1. The van der Waals surface area contributed by atoms with Gasteiger partial charge in [-0.3, -0.25) is 0 Å². The molecule has 1 heterocycles. The van der Waals surface area contributed by atoms with Gasteiger partial charge in [-0.05, 0) is 49.4 Å². The van der Waals surface area contributed by atoms with Gasteiger partial charge in [0.15, 0.2) is 9.84 Å². The van der Waals surface area contributed by atoms with Crippen LogP contribution in [-0.4, -0.2) is 39.2 Å². The van der Waals surface area contributed by atoms with E-state index in [0.29, 0.717) is 17.1 Å². The van der Waals surface area contributed by atoms with E-state index in [-0.39, 0.29) is 21.8 Å². The summed E-state index contributed by atoms with van der Waals surface area (Å²) < 4.78 is 32.7. The minimum atomic E-state index is -3.58. The first-order valence-corrected chi connectivity index (χ1v) is 14.2. The Kier molecular flexibility index (Phi) is 8.04. The van der Waals surface area contributed by atoms with Crippen molar-refractivity contribution < 1.29 is 18.3 Å². The Balaban J connectivity index is 2.23. The van der Waals surface area contributed by atoms with Crippen molar-refractivity contribution in [1.82, 2.24) is 0 Å². The van der Waals surface area contributed by atoms with Crippen LogP contribution in [0.5, 0.6) is 11.5 Å². The van der Waals surface area contributed by atoms with Gasteiger partial charge in [0.05, 0.1) is 28.3 Å². The van der Waals surface area contributed by atoms with Gasteiger partial charge in [-0.25, -0.2) is 8.42 Å². The van der Waals surface area contributed by atoms with E-state index in [1.54, 1.807) is 7.11 Å². The fraction of sp³-hybridized carbons (Fsp3) is 0.520. The second kappa shape index (κ2) is 10.4. The third-order valence-electron chi connectivity index (χ3n) is 6.38. The molecule has 3 rings (SSSR count). The summed E-state index contributed by atoms with van der Waals surface area (Å²) in [5, 5.41) is 10.5. The Labute approximate surface area is 197 Å². The van der Waals surface area contributed by atoms with Crippen LogP contribution in [0.4, 0.5) is 11.4 Å². The number of aromatic hydroxyl groups is 1. The van der Waals surface area contributed by atoms with Gasteiger partial charge in [-0.1, -0.05) is 39.5 Å². The number of fused-ring (bicyclic) bond motifs is 1. The molecule has 0 aromatic heterocycles. The van der Waals surface area contributed by atoms with Crippen LogP contribution in [0.15, 0.2) is 46.2 Å². The zero-order valence-electron chi connectivity index (χ0n) is 19.6. The molecule has 0 radical (unpaired) electrons. The van der Waals surface area contributed by atoms with Crippen LogP contribution in [0, 0.1) is 5.41 Å². The molecule has 5 nitrogen and oxygen atoms in total. The van der Waals surface area contributed by atoms with Crippen LogP contribution in [0.1, 0.15) is 52.4 Å². The predicted octanol–water partition coefficient (Wildman–Crippen LogP) is 6.41. The van der Waals surface area contributed by atoms with Gasteiger partial charge >= 0.3 is 0 Å². The molecule has 32 heavy (non-hydrogen) atoms. The Hall–Kier alpha value is -1.86. The molecule has 1 aliphatic heterocycles. The smallest absolute Gasteiger partial charge is 0.181 e. The first-order valence-electron chi connectivity index (χ1n) is 11.3. The number of ether oxygens (including phenoxy) is 1. The van der Waals surface area contributed by atoms with Crippen molar-refractivity contribution in [2.45, 2.75) is 62.2 Å². The van der Waals surface area contributed by atoms with E-state index in [1.807, 2.05) is 36.6 Å². The number of phenols is 1. The third kappa shape index (κ3) is 5.20. The molecule has 176 valence electrons. The molecule has 0 saturated heterocycles. The highest BCUT2D eigenvalue weighted by atomic mass is 32.2. The lowest BCUT2D eigenvalue weighted by atomic mass is 9.79. The normalized spacial score (nSPS) is 16.9. The maximum absolute atomic E-state index is 13.7. The van der Waals surface area contributed by atoms with E-state index in [1.165, 1.54) is 17.8 Å². The van der Waals surface area contributed by atoms with Gasteiger partial charge in [-0.2, -0.15) is 0 Å². The summed E-state index contributed by atoms with van der Waals surface area (Å²) in [5.74, 6) is 0.886. The lowest BCUT2D eigenvalue weighted by Gasteiger charge is -2.37. The number of hydrogen-bond donors (Lipinski definition) is 1. The fourth-order valence-corrected chi connectivity index (χ4v) is 7.25. The molecular formula is C25H35NO4S2. The summed E-state index contributed by atoms with van der Waals surface area (Å²) in [6, 6.07) is 11.1. The quantitative estimate of drug-likeness (QED) is 0.421. The molecule has 2 aromatic carbocycles. The van der Waals surface area contributed by atoms with Crippen molar-refractivity contribution in [1.29, 1.82) is 0 Å². The van der Waals surface area contributed by atoms with Gasteiger partial charge in [0.25, 0.3) is 0 Å². The third-order valence-corrected chi connectivity index (χ3v) is 9.14. The molecular weight excluding hydrogens is 442 g/mol. The van der Waals surface area contributed by atoms with Gasteiger partial charge in [-0.15, -0.1) is 11.8 Å². The highest BCUT2D eigenvalue weighted by molar-refractivity contribution is 7.98. The van der Waals surface area contributed by atoms with Crippen LogP contribution >= 0.6 is 11.8 Å². The maximum atomic E-state index is 13.7. The van der Waals surface area contributed by atoms with Gasteiger partial charge in [0, 0.05) is 23.7 Å². The Morgan fingerprint density at radius 3 is 2.25 bits per heavy atom. The second-order valence-electron chi connectivity index (χ2n) is 8.74. The minimum absolute atomic E-state index is 0.0177. The van der Waals surface area contributed by atoms with E-state index < -0.39 is 9.84 Å². The Bertz CT molecular complexity index is 1010. The monoisotopic (exact) mass is 477 g/mol. The van der Waals surface area contributed by atoms with Crippen molar-refractivity contribution >= 4 is 33.0 Å². The molecule has 7 heteroatoms. The van der Waals surface area contributed by atoms with Gasteiger partial charge in [0.2, 0.25) is 0 Å². The highest BCUT2D eigenvalue weighted by Gasteiger charge is 2.42. The first kappa shape index (κ1) is 24.8. The van der Waals surface area contributed by atoms with Crippen molar-refractivity contribution in [3.63, 3.8) is 0 Å². The lowest BCUT2D eigenvalue weighted by Crippen LogP contribution is -2.38. The number of unbranched alkanes of at least 4 members (excludes halogenated alkanes) is 2. The average molecular weight is 478 g/mol. The molecule has 1 N–H and O–H groups in total. The summed E-state index contributed by atoms with van der Waals surface area (Å²) in [5.41, 5.74) is 1.23. The predicted molar refractivity (Wildman–Crippen MR) is 133 cm³/mol. The van der Waals surface area contributed by atoms with Gasteiger partial charge < -0.3 is 14.7 Å². The number of phenolic OH excluding ortho intramolecular Hbond substituents is 1. The van der Waals surface area contributed by atoms with Gasteiger partial charge in [0.1, 0.15) is 11.5 Å². The molecule has 0 atom stereocenters.